The van der Waals surface area contributed by atoms with Gasteiger partial charge in [0.1, 0.15) is 12.4 Å². The van der Waals surface area contributed by atoms with Crippen LogP contribution in [0.5, 0.6) is 0 Å². The smallest absolute Gasteiger partial charge is 0.350 e. The first kappa shape index (κ1) is 20.5. The molecule has 31 heavy (non-hydrogen) atoms. The number of fused-ring (bicyclic) bond motifs is 2. The fourth-order valence-electron chi connectivity index (χ4n) is 3.58. The number of carbonyl (C=O) groups is 4. The Balaban J connectivity index is 1.74. The molecule has 164 valence electrons. The molecule has 2 aromatic rings. The molecule has 0 unspecified atom stereocenters. The Labute approximate surface area is 172 Å². The van der Waals surface area contributed by atoms with Crippen molar-refractivity contribution in [3.63, 3.8) is 0 Å². The summed E-state index contributed by atoms with van der Waals surface area (Å²) < 4.78 is 22.7. The van der Waals surface area contributed by atoms with E-state index in [9.17, 15) is 24.0 Å². The molecule has 0 saturated carbocycles. The lowest BCUT2D eigenvalue weighted by Crippen LogP contribution is -2.36. The molecule has 2 aliphatic rings. The first-order valence-electron chi connectivity index (χ1n) is 9.10. The van der Waals surface area contributed by atoms with E-state index in [0.29, 0.717) is 0 Å². The van der Waals surface area contributed by atoms with Gasteiger partial charge in [-0.25, -0.2) is 9.78 Å². The van der Waals surface area contributed by atoms with Crippen molar-refractivity contribution in [1.29, 1.82) is 0 Å². The van der Waals surface area contributed by atoms with Gasteiger partial charge in [0, 0.05) is 20.8 Å². The average molecular weight is 435 g/mol. The third-order valence-electron chi connectivity index (χ3n) is 4.61. The SMILES string of the molecule is CC(=O)Nc1nc2ncn([C@@H]3O[C@@H]4[C@H](OC(=O)[C@H]4OC(C)=O)[C@H]3OC(C)=O)c2c(=O)[nH]1. The van der Waals surface area contributed by atoms with E-state index in [2.05, 4.69) is 20.3 Å². The first-order valence-corrected chi connectivity index (χ1v) is 9.10. The van der Waals surface area contributed by atoms with Crippen molar-refractivity contribution in [2.75, 3.05) is 5.32 Å². The highest BCUT2D eigenvalue weighted by molar-refractivity contribution is 5.87. The molecule has 0 aromatic carbocycles. The number of carbonyl (C=O) groups excluding carboxylic acids is 4. The molecule has 4 heterocycles. The molecule has 2 fully saturated rings. The predicted molar refractivity (Wildman–Crippen MR) is 97.4 cm³/mol. The minimum Gasteiger partial charge on any atom is -0.454 e. The minimum atomic E-state index is -1.36. The predicted octanol–water partition coefficient (Wildman–Crippen LogP) is -1.24. The normalized spacial score (nSPS) is 26.9. The molecule has 2 N–H and O–H groups in total. The summed E-state index contributed by atoms with van der Waals surface area (Å²) in [6.07, 6.45) is -4.57. The Morgan fingerprint density at radius 2 is 1.84 bits per heavy atom. The van der Waals surface area contributed by atoms with Crippen LogP contribution < -0.4 is 10.9 Å². The number of hydrogen-bond acceptors (Lipinski definition) is 11. The highest BCUT2D eigenvalue weighted by Gasteiger charge is 2.61. The summed E-state index contributed by atoms with van der Waals surface area (Å²) in [5, 5.41) is 2.35. The Bertz CT molecular complexity index is 1150. The Hall–Kier alpha value is -3.81. The van der Waals surface area contributed by atoms with Crippen LogP contribution in [0.4, 0.5) is 5.95 Å². The maximum absolute atomic E-state index is 12.6. The van der Waals surface area contributed by atoms with Crippen LogP contribution in [-0.4, -0.2) is 67.7 Å². The molecular formula is C17H17N5O9. The van der Waals surface area contributed by atoms with Gasteiger partial charge in [-0.15, -0.1) is 0 Å². The second-order valence-electron chi connectivity index (χ2n) is 6.92. The van der Waals surface area contributed by atoms with Crippen molar-refractivity contribution in [3.8, 4) is 0 Å². The van der Waals surface area contributed by atoms with Crippen LogP contribution >= 0.6 is 0 Å². The second kappa shape index (κ2) is 7.46. The van der Waals surface area contributed by atoms with Crippen LogP contribution in [-0.2, 0) is 38.1 Å². The van der Waals surface area contributed by atoms with Gasteiger partial charge >= 0.3 is 17.9 Å². The van der Waals surface area contributed by atoms with Crippen LogP contribution in [0.15, 0.2) is 11.1 Å². The Kier molecular flexibility index (Phi) is 4.93. The van der Waals surface area contributed by atoms with Crippen molar-refractivity contribution in [2.24, 2.45) is 0 Å². The third kappa shape index (κ3) is 3.61. The quantitative estimate of drug-likeness (QED) is 0.433. The van der Waals surface area contributed by atoms with E-state index in [0.717, 1.165) is 13.8 Å². The summed E-state index contributed by atoms with van der Waals surface area (Å²) in [5.41, 5.74) is -0.697. The van der Waals surface area contributed by atoms with Crippen molar-refractivity contribution in [2.45, 2.75) is 51.4 Å². The summed E-state index contributed by atoms with van der Waals surface area (Å²) >= 11 is 0. The molecule has 0 radical (unpaired) electrons. The van der Waals surface area contributed by atoms with Gasteiger partial charge in [-0.1, -0.05) is 0 Å². The van der Waals surface area contributed by atoms with Crippen molar-refractivity contribution < 1.29 is 38.1 Å². The topological polar surface area (TPSA) is 181 Å². The lowest BCUT2D eigenvalue weighted by atomic mass is 10.1. The molecule has 4 rings (SSSR count). The highest BCUT2D eigenvalue weighted by atomic mass is 16.7. The summed E-state index contributed by atoms with van der Waals surface area (Å²) in [4.78, 5) is 69.5. The van der Waals surface area contributed by atoms with Crippen molar-refractivity contribution in [3.05, 3.63) is 16.7 Å². The van der Waals surface area contributed by atoms with Gasteiger partial charge in [0.25, 0.3) is 5.56 Å². The number of hydrogen-bond donors (Lipinski definition) is 2. The van der Waals surface area contributed by atoms with Gasteiger partial charge in [-0.05, 0) is 0 Å². The van der Waals surface area contributed by atoms with E-state index < -0.39 is 60.0 Å². The van der Waals surface area contributed by atoms with Crippen molar-refractivity contribution >= 4 is 40.9 Å². The summed E-state index contributed by atoms with van der Waals surface area (Å²) in [6, 6.07) is 0. The van der Waals surface area contributed by atoms with Gasteiger partial charge in [-0.3, -0.25) is 34.0 Å². The highest BCUT2D eigenvalue weighted by Crippen LogP contribution is 2.40. The first-order chi connectivity index (χ1) is 14.7. The van der Waals surface area contributed by atoms with Gasteiger partial charge in [0.2, 0.25) is 18.0 Å². The number of rotatable bonds is 4. The minimum absolute atomic E-state index is 0.0109. The number of nitrogens with zero attached hydrogens (tertiary/aromatic N) is 3. The zero-order chi connectivity index (χ0) is 22.4. The van der Waals surface area contributed by atoms with E-state index in [1.54, 1.807) is 0 Å². The number of anilines is 1. The maximum atomic E-state index is 12.6. The fourth-order valence-corrected chi connectivity index (χ4v) is 3.58. The number of aromatic amines is 1. The molecule has 0 bridgehead atoms. The Morgan fingerprint density at radius 3 is 2.48 bits per heavy atom. The molecule has 1 amide bonds. The molecule has 5 atom stereocenters. The van der Waals surface area contributed by atoms with Crippen LogP contribution in [0, 0.1) is 0 Å². The molecular weight excluding hydrogens is 418 g/mol. The standard InChI is InChI=1S/C17H17N5O9/c1-5(23)19-17-20-13-8(14(26)21-17)22(4-18-13)15-11(28-6(2)24)9-10(30-15)12(16(27)31-9)29-7(3)25/h4,9-12,15H,1-3H3,(H2,19,20,21,23,26)/t9-,10+,11+,12-,15+/m0/s1. The zero-order valence-corrected chi connectivity index (χ0v) is 16.5. The zero-order valence-electron chi connectivity index (χ0n) is 16.5. The van der Waals surface area contributed by atoms with Crippen molar-refractivity contribution in [1.82, 2.24) is 19.5 Å². The average Bonchev–Trinajstić information content (AvgIpc) is 3.29. The molecule has 2 saturated heterocycles. The third-order valence-corrected chi connectivity index (χ3v) is 4.61. The lowest BCUT2D eigenvalue weighted by molar-refractivity contribution is -0.174. The van der Waals surface area contributed by atoms with Gasteiger partial charge in [0.05, 0.1) is 0 Å². The number of H-pyrrole nitrogens is 1. The van der Waals surface area contributed by atoms with Crippen LogP contribution in [0.3, 0.4) is 0 Å². The molecule has 0 aliphatic carbocycles. The molecule has 0 spiro atoms. The van der Waals surface area contributed by atoms with E-state index in [4.69, 9.17) is 18.9 Å². The monoisotopic (exact) mass is 435 g/mol. The lowest BCUT2D eigenvalue weighted by Gasteiger charge is -2.22. The van der Waals surface area contributed by atoms with E-state index in [-0.39, 0.29) is 17.1 Å². The van der Waals surface area contributed by atoms with Gasteiger partial charge < -0.3 is 18.9 Å². The number of ether oxygens (including phenoxy) is 4. The van der Waals surface area contributed by atoms with Crippen LogP contribution in [0.25, 0.3) is 11.2 Å². The van der Waals surface area contributed by atoms with Crippen LogP contribution in [0.2, 0.25) is 0 Å². The number of imidazole rings is 1. The molecule has 14 heteroatoms. The Morgan fingerprint density at radius 1 is 1.13 bits per heavy atom. The largest absolute Gasteiger partial charge is 0.454 e. The maximum Gasteiger partial charge on any atom is 0.350 e. The van der Waals surface area contributed by atoms with E-state index in [1.165, 1.54) is 17.8 Å². The molecule has 2 aliphatic heterocycles. The van der Waals surface area contributed by atoms with Gasteiger partial charge in [0.15, 0.2) is 29.6 Å². The number of esters is 3. The number of amides is 1. The van der Waals surface area contributed by atoms with Gasteiger partial charge in [-0.2, -0.15) is 4.98 Å². The van der Waals surface area contributed by atoms with E-state index >= 15 is 0 Å². The number of aromatic nitrogens is 4. The molecule has 14 nitrogen and oxygen atoms in total. The number of nitrogens with one attached hydrogen (secondary N) is 2. The van der Waals surface area contributed by atoms with Crippen LogP contribution in [0.1, 0.15) is 27.0 Å². The fraction of sp³-hybridized carbons (Fsp3) is 0.471. The summed E-state index contributed by atoms with van der Waals surface area (Å²) in [5.74, 6) is -2.79. The molecule has 2 aromatic heterocycles. The van der Waals surface area contributed by atoms with E-state index in [1.807, 2.05) is 0 Å². The second-order valence-corrected chi connectivity index (χ2v) is 6.92. The summed E-state index contributed by atoms with van der Waals surface area (Å²) in [6.45, 7) is 3.53. The summed E-state index contributed by atoms with van der Waals surface area (Å²) in [7, 11) is 0.